The van der Waals surface area contributed by atoms with Crippen molar-refractivity contribution in [2.24, 2.45) is 10.4 Å². The van der Waals surface area contributed by atoms with Gasteiger partial charge in [-0.1, -0.05) is 13.8 Å². The predicted octanol–water partition coefficient (Wildman–Crippen LogP) is 3.63. The fraction of sp³-hybridized carbons (Fsp3) is 0.714. The first-order valence-electron chi connectivity index (χ1n) is 7.18. The van der Waals surface area contributed by atoms with Crippen molar-refractivity contribution in [3.8, 4) is 0 Å². The summed E-state index contributed by atoms with van der Waals surface area (Å²) in [5, 5.41) is 4.75. The first kappa shape index (κ1) is 20.5. The van der Waals surface area contributed by atoms with E-state index in [-0.39, 0.29) is 29.4 Å². The Morgan fingerprint density at radius 1 is 1.48 bits per heavy atom. The van der Waals surface area contributed by atoms with Crippen molar-refractivity contribution < 1.29 is 13.2 Å². The predicted molar refractivity (Wildman–Crippen MR) is 97.6 cm³/mol. The smallest absolute Gasteiger partial charge is 0.356 e. The van der Waals surface area contributed by atoms with Gasteiger partial charge in [0.05, 0.1) is 5.01 Å². The number of guanidine groups is 1. The SMILES string of the molecule is CN=C(NCCc1nc(C(F)(F)F)cs1)N1CCC(C)(C)C1.I. The largest absolute Gasteiger partial charge is 0.434 e. The van der Waals surface area contributed by atoms with Crippen molar-refractivity contribution >= 4 is 41.3 Å². The monoisotopic (exact) mass is 462 g/mol. The number of aliphatic imine (C=N–C) groups is 1. The van der Waals surface area contributed by atoms with Crippen LogP contribution in [0.5, 0.6) is 0 Å². The number of nitrogens with one attached hydrogen (secondary N) is 1. The Balaban J connectivity index is 0.00000264. The van der Waals surface area contributed by atoms with Crippen LogP contribution in [0.2, 0.25) is 0 Å². The number of hydrogen-bond donors (Lipinski definition) is 1. The second kappa shape index (κ2) is 8.00. The Labute approximate surface area is 155 Å². The lowest BCUT2D eigenvalue weighted by Crippen LogP contribution is -2.41. The van der Waals surface area contributed by atoms with Crippen molar-refractivity contribution in [3.05, 3.63) is 16.1 Å². The molecule has 0 saturated carbocycles. The molecule has 0 aromatic carbocycles. The zero-order valence-corrected chi connectivity index (χ0v) is 16.6. The molecule has 4 nitrogen and oxygen atoms in total. The molecular weight excluding hydrogens is 440 g/mol. The number of thiazole rings is 1. The topological polar surface area (TPSA) is 40.5 Å². The molecule has 1 aliphatic heterocycles. The Hall–Kier alpha value is -0.580. The van der Waals surface area contributed by atoms with Gasteiger partial charge in [-0.3, -0.25) is 4.99 Å². The van der Waals surface area contributed by atoms with Crippen molar-refractivity contribution in [3.63, 3.8) is 0 Å². The standard InChI is InChI=1S/C14H21F3N4S.HI/c1-13(2)5-7-21(9-13)12(18-3)19-6-4-11-20-10(8-22-11)14(15,16)17;/h8H,4-7,9H2,1-3H3,(H,18,19);1H. The average molecular weight is 462 g/mol. The van der Waals surface area contributed by atoms with Gasteiger partial charge in [-0.2, -0.15) is 13.2 Å². The lowest BCUT2D eigenvalue weighted by atomic mass is 9.93. The molecule has 0 unspecified atom stereocenters. The molecule has 132 valence electrons. The molecule has 1 aromatic rings. The van der Waals surface area contributed by atoms with Crippen LogP contribution in [-0.2, 0) is 12.6 Å². The maximum Gasteiger partial charge on any atom is 0.434 e. The molecule has 1 N–H and O–H groups in total. The highest BCUT2D eigenvalue weighted by atomic mass is 127. The van der Waals surface area contributed by atoms with Crippen LogP contribution in [0.4, 0.5) is 13.2 Å². The molecule has 0 atom stereocenters. The van der Waals surface area contributed by atoms with Gasteiger partial charge in [0, 0.05) is 38.5 Å². The molecule has 1 aromatic heterocycles. The van der Waals surface area contributed by atoms with E-state index < -0.39 is 11.9 Å². The number of aromatic nitrogens is 1. The molecule has 0 spiro atoms. The van der Waals surface area contributed by atoms with E-state index >= 15 is 0 Å². The van der Waals surface area contributed by atoms with Crippen molar-refractivity contribution in [1.82, 2.24) is 15.2 Å². The van der Waals surface area contributed by atoms with E-state index in [1.54, 1.807) is 7.05 Å². The number of hydrogen-bond acceptors (Lipinski definition) is 3. The third kappa shape index (κ3) is 5.77. The van der Waals surface area contributed by atoms with Gasteiger partial charge in [-0.15, -0.1) is 35.3 Å². The van der Waals surface area contributed by atoms with E-state index in [0.717, 1.165) is 42.2 Å². The number of likely N-dealkylation sites (tertiary alicyclic amines) is 1. The number of nitrogens with zero attached hydrogens (tertiary/aromatic N) is 3. The Morgan fingerprint density at radius 3 is 2.65 bits per heavy atom. The normalized spacial score (nSPS) is 18.0. The number of halogens is 4. The molecule has 9 heteroatoms. The lowest BCUT2D eigenvalue weighted by molar-refractivity contribution is -0.140. The first-order chi connectivity index (χ1) is 10.2. The van der Waals surface area contributed by atoms with Gasteiger partial charge in [0.25, 0.3) is 0 Å². The molecule has 23 heavy (non-hydrogen) atoms. The van der Waals surface area contributed by atoms with Gasteiger partial charge in [0.2, 0.25) is 0 Å². The first-order valence-corrected chi connectivity index (χ1v) is 8.06. The highest BCUT2D eigenvalue weighted by Gasteiger charge is 2.33. The van der Waals surface area contributed by atoms with Gasteiger partial charge in [0.15, 0.2) is 11.7 Å². The highest BCUT2D eigenvalue weighted by molar-refractivity contribution is 14.0. The summed E-state index contributed by atoms with van der Waals surface area (Å²) in [5.74, 6) is 0.804. The fourth-order valence-electron chi connectivity index (χ4n) is 2.46. The number of alkyl halides is 3. The van der Waals surface area contributed by atoms with Gasteiger partial charge in [0.1, 0.15) is 0 Å². The molecule has 1 fully saturated rings. The van der Waals surface area contributed by atoms with E-state index in [9.17, 15) is 13.2 Å². The quantitative estimate of drug-likeness (QED) is 0.424. The summed E-state index contributed by atoms with van der Waals surface area (Å²) in [5.41, 5.74) is -0.535. The van der Waals surface area contributed by atoms with Crippen molar-refractivity contribution in [2.45, 2.75) is 32.9 Å². The van der Waals surface area contributed by atoms with E-state index in [0.29, 0.717) is 18.0 Å². The Morgan fingerprint density at radius 2 is 2.17 bits per heavy atom. The summed E-state index contributed by atoms with van der Waals surface area (Å²) >= 11 is 1.04. The second-order valence-electron chi connectivity index (χ2n) is 6.18. The van der Waals surface area contributed by atoms with Crippen LogP contribution in [0.3, 0.4) is 0 Å². The molecule has 2 heterocycles. The second-order valence-corrected chi connectivity index (χ2v) is 7.13. The minimum absolute atomic E-state index is 0. The molecule has 0 bridgehead atoms. The van der Waals surface area contributed by atoms with Gasteiger partial charge in [-0.05, 0) is 11.8 Å². The molecule has 0 amide bonds. The van der Waals surface area contributed by atoms with Crippen LogP contribution in [0.1, 0.15) is 31.0 Å². The van der Waals surface area contributed by atoms with Gasteiger partial charge < -0.3 is 10.2 Å². The zero-order valence-electron chi connectivity index (χ0n) is 13.4. The Kier molecular flexibility index (Phi) is 7.12. The molecule has 0 aliphatic carbocycles. The van der Waals surface area contributed by atoms with Crippen LogP contribution in [-0.4, -0.2) is 42.5 Å². The van der Waals surface area contributed by atoms with Crippen molar-refractivity contribution in [1.29, 1.82) is 0 Å². The summed E-state index contributed by atoms with van der Waals surface area (Å²) in [7, 11) is 1.72. The van der Waals surface area contributed by atoms with Gasteiger partial charge in [-0.25, -0.2) is 4.98 Å². The summed E-state index contributed by atoms with van der Waals surface area (Å²) in [6, 6.07) is 0. The number of rotatable bonds is 3. The van der Waals surface area contributed by atoms with Crippen LogP contribution >= 0.6 is 35.3 Å². The van der Waals surface area contributed by atoms with E-state index in [4.69, 9.17) is 0 Å². The highest BCUT2D eigenvalue weighted by Crippen LogP contribution is 2.30. The fourth-order valence-corrected chi connectivity index (χ4v) is 3.27. The van der Waals surface area contributed by atoms with Crippen LogP contribution in [0.15, 0.2) is 10.4 Å². The summed E-state index contributed by atoms with van der Waals surface area (Å²) < 4.78 is 37.5. The molecule has 1 aliphatic rings. The third-order valence-electron chi connectivity index (χ3n) is 3.65. The summed E-state index contributed by atoms with van der Waals surface area (Å²) in [4.78, 5) is 10.1. The lowest BCUT2D eigenvalue weighted by Gasteiger charge is -2.23. The minimum atomic E-state index is -4.36. The molecule has 0 radical (unpaired) electrons. The maximum atomic E-state index is 12.5. The zero-order chi connectivity index (χ0) is 16.4. The third-order valence-corrected chi connectivity index (χ3v) is 4.56. The average Bonchev–Trinajstić information content (AvgIpc) is 3.01. The summed E-state index contributed by atoms with van der Waals surface area (Å²) in [6.45, 7) is 6.84. The van der Waals surface area contributed by atoms with Crippen LogP contribution < -0.4 is 5.32 Å². The summed E-state index contributed by atoms with van der Waals surface area (Å²) in [6.07, 6.45) is -2.80. The van der Waals surface area contributed by atoms with E-state index in [2.05, 4.69) is 34.0 Å². The minimum Gasteiger partial charge on any atom is -0.356 e. The van der Waals surface area contributed by atoms with E-state index in [1.807, 2.05) is 0 Å². The molecule has 2 rings (SSSR count). The van der Waals surface area contributed by atoms with Crippen molar-refractivity contribution in [2.75, 3.05) is 26.7 Å². The molecular formula is C14H22F3IN4S. The van der Waals surface area contributed by atoms with Crippen LogP contribution in [0.25, 0.3) is 0 Å². The molecule has 1 saturated heterocycles. The van der Waals surface area contributed by atoms with Gasteiger partial charge >= 0.3 is 6.18 Å². The van der Waals surface area contributed by atoms with E-state index in [1.165, 1.54) is 0 Å². The van der Waals surface area contributed by atoms with Crippen LogP contribution in [0, 0.1) is 5.41 Å². The maximum absolute atomic E-state index is 12.5. The Bertz CT molecular complexity index is 542.